The molecule has 0 saturated carbocycles. The summed E-state index contributed by atoms with van der Waals surface area (Å²) in [6.45, 7) is 9.49. The van der Waals surface area contributed by atoms with Crippen LogP contribution in [0.15, 0.2) is 18.2 Å². The molecule has 1 aromatic rings. The normalized spacial score (nSPS) is 9.71. The first-order chi connectivity index (χ1) is 9.90. The van der Waals surface area contributed by atoms with Crippen molar-refractivity contribution < 1.29 is 10.2 Å². The number of phenols is 2. The Balaban J connectivity index is 2.95. The van der Waals surface area contributed by atoms with Gasteiger partial charge in [0.1, 0.15) is 11.5 Å². The van der Waals surface area contributed by atoms with Crippen molar-refractivity contribution in [3.05, 3.63) is 39.9 Å². The number of allylic oxidation sites excluding steroid dienone is 2. The van der Waals surface area contributed by atoms with Crippen LogP contribution in [0.2, 0.25) is 5.02 Å². The molecule has 0 aliphatic rings. The maximum Gasteiger partial charge on any atom is 0.142 e. The van der Waals surface area contributed by atoms with Gasteiger partial charge in [0.05, 0.1) is 5.02 Å². The topological polar surface area (TPSA) is 40.5 Å². The van der Waals surface area contributed by atoms with E-state index in [0.29, 0.717) is 16.7 Å². The quantitative estimate of drug-likeness (QED) is 0.467. The molecule has 0 bridgehead atoms. The van der Waals surface area contributed by atoms with Gasteiger partial charge >= 0.3 is 0 Å². The Hall–Kier alpha value is -1.85. The minimum absolute atomic E-state index is 0.00278. The second-order valence-electron chi connectivity index (χ2n) is 5.08. The lowest BCUT2D eigenvalue weighted by Crippen LogP contribution is -1.93. The Morgan fingerprint density at radius 3 is 2.48 bits per heavy atom. The van der Waals surface area contributed by atoms with Crippen molar-refractivity contribution in [1.29, 1.82) is 0 Å². The van der Waals surface area contributed by atoms with E-state index in [9.17, 15) is 10.2 Å². The van der Waals surface area contributed by atoms with Crippen molar-refractivity contribution in [2.75, 3.05) is 0 Å². The van der Waals surface area contributed by atoms with E-state index in [2.05, 4.69) is 38.3 Å². The maximum atomic E-state index is 10.2. The fraction of sp³-hybridized carbons (Fsp3) is 0.333. The predicted octanol–water partition coefficient (Wildman–Crippen LogP) is 4.99. The van der Waals surface area contributed by atoms with E-state index in [0.717, 1.165) is 12.8 Å². The summed E-state index contributed by atoms with van der Waals surface area (Å²) in [7, 11) is 0. The third-order valence-electron chi connectivity index (χ3n) is 3.18. The van der Waals surface area contributed by atoms with Crippen LogP contribution in [0.3, 0.4) is 0 Å². The average Bonchev–Trinajstić information content (AvgIpc) is 2.43. The summed E-state index contributed by atoms with van der Waals surface area (Å²) in [6, 6.07) is 0. The molecule has 0 fully saturated rings. The number of unbranched alkanes of at least 4 members (excludes halogenated alkanes) is 1. The van der Waals surface area contributed by atoms with Crippen molar-refractivity contribution in [2.45, 2.75) is 40.0 Å². The lowest BCUT2D eigenvalue weighted by Gasteiger charge is -2.13. The average molecular weight is 305 g/mol. The molecule has 0 unspecified atom stereocenters. The first kappa shape index (κ1) is 17.2. The van der Waals surface area contributed by atoms with Gasteiger partial charge in [-0.2, -0.15) is 0 Å². The van der Waals surface area contributed by atoms with Crippen LogP contribution in [0.25, 0.3) is 6.08 Å². The molecule has 0 spiro atoms. The summed E-state index contributed by atoms with van der Waals surface area (Å²) >= 11 is 6.07. The number of halogens is 1. The monoisotopic (exact) mass is 304 g/mol. The van der Waals surface area contributed by atoms with E-state index in [1.54, 1.807) is 6.92 Å². The van der Waals surface area contributed by atoms with Crippen LogP contribution in [0.5, 0.6) is 11.5 Å². The number of phenolic OH excluding ortho intramolecular Hbond substituents is 2. The molecule has 1 aromatic carbocycles. The Morgan fingerprint density at radius 1 is 1.24 bits per heavy atom. The molecule has 0 aromatic heterocycles. The molecular formula is C18H21ClO2. The molecule has 2 N–H and O–H groups in total. The minimum Gasteiger partial charge on any atom is -0.507 e. The second kappa shape index (κ2) is 7.81. The summed E-state index contributed by atoms with van der Waals surface area (Å²) in [5.41, 5.74) is 2.78. The summed E-state index contributed by atoms with van der Waals surface area (Å²) in [6.07, 6.45) is 5.57. The maximum absolute atomic E-state index is 10.2. The Labute approximate surface area is 131 Å². The van der Waals surface area contributed by atoms with E-state index >= 15 is 0 Å². The third-order valence-corrected chi connectivity index (χ3v) is 3.65. The van der Waals surface area contributed by atoms with Crippen LogP contribution in [-0.4, -0.2) is 10.2 Å². The van der Waals surface area contributed by atoms with Crippen LogP contribution in [0, 0.1) is 18.8 Å². The first-order valence-corrected chi connectivity index (χ1v) is 7.22. The van der Waals surface area contributed by atoms with E-state index in [4.69, 9.17) is 11.6 Å². The second-order valence-corrected chi connectivity index (χ2v) is 5.46. The van der Waals surface area contributed by atoms with Gasteiger partial charge in [-0.05, 0) is 32.8 Å². The summed E-state index contributed by atoms with van der Waals surface area (Å²) in [5.74, 6) is 5.89. The van der Waals surface area contributed by atoms with Crippen LogP contribution in [0.1, 0.15) is 43.4 Å². The lowest BCUT2D eigenvalue weighted by atomic mass is 9.99. The van der Waals surface area contributed by atoms with Gasteiger partial charge in [-0.25, -0.2) is 0 Å². The summed E-state index contributed by atoms with van der Waals surface area (Å²) in [4.78, 5) is 0. The number of hydrogen-bond donors (Lipinski definition) is 2. The fourth-order valence-corrected chi connectivity index (χ4v) is 2.19. The van der Waals surface area contributed by atoms with Crippen LogP contribution in [0.4, 0.5) is 0 Å². The van der Waals surface area contributed by atoms with Gasteiger partial charge in [0.2, 0.25) is 0 Å². The molecule has 1 rings (SSSR count). The molecule has 112 valence electrons. The van der Waals surface area contributed by atoms with E-state index in [1.165, 1.54) is 11.6 Å². The van der Waals surface area contributed by atoms with Crippen LogP contribution in [-0.2, 0) is 6.42 Å². The van der Waals surface area contributed by atoms with Gasteiger partial charge in [-0.1, -0.05) is 41.8 Å². The molecule has 0 atom stereocenters. The fourth-order valence-electron chi connectivity index (χ4n) is 1.97. The SMILES string of the molecule is C=Cc1c(C)c(Cl)c(O)c(CC#CCCC=C(C)C)c1O. The minimum atomic E-state index is -0.101. The lowest BCUT2D eigenvalue weighted by molar-refractivity contribution is 0.440. The van der Waals surface area contributed by atoms with Gasteiger partial charge in [-0.15, -0.1) is 5.92 Å². The third kappa shape index (κ3) is 4.31. The Morgan fingerprint density at radius 2 is 1.90 bits per heavy atom. The highest BCUT2D eigenvalue weighted by molar-refractivity contribution is 6.33. The number of aromatic hydroxyl groups is 2. The molecule has 0 heterocycles. The molecule has 0 saturated heterocycles. The summed E-state index contributed by atoms with van der Waals surface area (Å²) in [5, 5.41) is 20.5. The molecular weight excluding hydrogens is 284 g/mol. The van der Waals surface area contributed by atoms with Crippen molar-refractivity contribution in [3.8, 4) is 23.3 Å². The zero-order valence-electron chi connectivity index (χ0n) is 12.8. The highest BCUT2D eigenvalue weighted by atomic mass is 35.5. The van der Waals surface area contributed by atoms with E-state index in [-0.39, 0.29) is 22.9 Å². The summed E-state index contributed by atoms with van der Waals surface area (Å²) < 4.78 is 0. The van der Waals surface area contributed by atoms with Gasteiger partial charge in [0, 0.05) is 24.0 Å². The Bertz CT molecular complexity index is 627. The highest BCUT2D eigenvalue weighted by Gasteiger charge is 2.17. The molecule has 0 aliphatic carbocycles. The molecule has 3 heteroatoms. The molecule has 0 amide bonds. The largest absolute Gasteiger partial charge is 0.507 e. The van der Waals surface area contributed by atoms with Gasteiger partial charge in [-0.3, -0.25) is 0 Å². The zero-order valence-corrected chi connectivity index (χ0v) is 13.5. The van der Waals surface area contributed by atoms with Crippen LogP contribution < -0.4 is 0 Å². The smallest absolute Gasteiger partial charge is 0.142 e. The molecule has 0 aliphatic heterocycles. The number of benzene rings is 1. The van der Waals surface area contributed by atoms with Crippen LogP contribution >= 0.6 is 11.6 Å². The molecule has 21 heavy (non-hydrogen) atoms. The van der Waals surface area contributed by atoms with Crippen molar-refractivity contribution in [3.63, 3.8) is 0 Å². The van der Waals surface area contributed by atoms with Gasteiger partial charge in [0.15, 0.2) is 0 Å². The zero-order chi connectivity index (χ0) is 16.0. The highest BCUT2D eigenvalue weighted by Crippen LogP contribution is 2.41. The van der Waals surface area contributed by atoms with E-state index < -0.39 is 0 Å². The van der Waals surface area contributed by atoms with Crippen molar-refractivity contribution >= 4 is 17.7 Å². The van der Waals surface area contributed by atoms with Crippen molar-refractivity contribution in [2.24, 2.45) is 0 Å². The standard InChI is InChI=1S/C18H21ClO2/c1-5-14-13(4)16(19)18(21)15(17(14)20)11-9-7-6-8-10-12(2)3/h5,10,20-21H,1,6,8,11H2,2-4H3. The number of hydrogen-bond acceptors (Lipinski definition) is 2. The van der Waals surface area contributed by atoms with Gasteiger partial charge in [0.25, 0.3) is 0 Å². The van der Waals surface area contributed by atoms with Gasteiger partial charge < -0.3 is 10.2 Å². The van der Waals surface area contributed by atoms with E-state index in [1.807, 2.05) is 0 Å². The molecule has 2 nitrogen and oxygen atoms in total. The predicted molar refractivity (Wildman–Crippen MR) is 89.8 cm³/mol. The van der Waals surface area contributed by atoms with Crippen molar-refractivity contribution in [1.82, 2.24) is 0 Å². The molecule has 0 radical (unpaired) electrons. The number of rotatable bonds is 4. The first-order valence-electron chi connectivity index (χ1n) is 6.84. The Kier molecular flexibility index (Phi) is 6.39.